The van der Waals surface area contributed by atoms with Gasteiger partial charge in [-0.1, -0.05) is 23.7 Å². The summed E-state index contributed by atoms with van der Waals surface area (Å²) >= 11 is 5.97. The SMILES string of the molecule is Cc1ccn(-c2ccc(S(C)(=O)=O)cc2)c1-c1ccc(Cl)cc1. The number of benzene rings is 2. The van der Waals surface area contributed by atoms with Crippen LogP contribution >= 0.6 is 11.6 Å². The summed E-state index contributed by atoms with van der Waals surface area (Å²) in [6, 6.07) is 16.6. The minimum absolute atomic E-state index is 0.318. The van der Waals surface area contributed by atoms with Crippen molar-refractivity contribution in [3.05, 3.63) is 71.4 Å². The quantitative estimate of drug-likeness (QED) is 0.700. The number of hydrogen-bond donors (Lipinski definition) is 0. The van der Waals surface area contributed by atoms with Crippen LogP contribution in [0.4, 0.5) is 0 Å². The summed E-state index contributed by atoms with van der Waals surface area (Å²) in [5.74, 6) is 0. The van der Waals surface area contributed by atoms with Crippen LogP contribution in [0.25, 0.3) is 16.9 Å². The first-order chi connectivity index (χ1) is 10.9. The van der Waals surface area contributed by atoms with Gasteiger partial charge in [-0.2, -0.15) is 0 Å². The van der Waals surface area contributed by atoms with Crippen molar-refractivity contribution in [2.45, 2.75) is 11.8 Å². The molecule has 0 saturated heterocycles. The molecule has 3 rings (SSSR count). The first-order valence-corrected chi connectivity index (χ1v) is 9.37. The Morgan fingerprint density at radius 3 is 2.09 bits per heavy atom. The van der Waals surface area contributed by atoms with Gasteiger partial charge in [-0.3, -0.25) is 0 Å². The Labute approximate surface area is 141 Å². The third-order valence-corrected chi connectivity index (χ3v) is 5.13. The summed E-state index contributed by atoms with van der Waals surface area (Å²) in [6.07, 6.45) is 3.19. The van der Waals surface area contributed by atoms with Crippen molar-refractivity contribution in [2.75, 3.05) is 6.26 Å². The molecule has 0 aliphatic heterocycles. The molecule has 0 saturated carbocycles. The van der Waals surface area contributed by atoms with Gasteiger partial charge in [-0.15, -0.1) is 0 Å². The van der Waals surface area contributed by atoms with Gasteiger partial charge in [0.2, 0.25) is 0 Å². The van der Waals surface area contributed by atoms with Crippen LogP contribution in [0.1, 0.15) is 5.56 Å². The van der Waals surface area contributed by atoms with Crippen molar-refractivity contribution < 1.29 is 8.42 Å². The van der Waals surface area contributed by atoms with Crippen molar-refractivity contribution in [3.8, 4) is 16.9 Å². The van der Waals surface area contributed by atoms with E-state index in [1.54, 1.807) is 12.1 Å². The highest BCUT2D eigenvalue weighted by Crippen LogP contribution is 2.29. The van der Waals surface area contributed by atoms with Gasteiger partial charge in [0.15, 0.2) is 9.84 Å². The van der Waals surface area contributed by atoms with Gasteiger partial charge >= 0.3 is 0 Å². The van der Waals surface area contributed by atoms with Gasteiger partial charge in [0.1, 0.15) is 0 Å². The van der Waals surface area contributed by atoms with E-state index in [1.165, 1.54) is 6.26 Å². The third-order valence-electron chi connectivity index (χ3n) is 3.75. The summed E-state index contributed by atoms with van der Waals surface area (Å²) < 4.78 is 25.2. The van der Waals surface area contributed by atoms with E-state index in [1.807, 2.05) is 60.2 Å². The molecule has 1 heterocycles. The molecule has 0 radical (unpaired) electrons. The average Bonchev–Trinajstić information content (AvgIpc) is 2.89. The van der Waals surface area contributed by atoms with E-state index in [4.69, 9.17) is 11.6 Å². The number of hydrogen-bond acceptors (Lipinski definition) is 2. The highest BCUT2D eigenvalue weighted by Gasteiger charge is 2.11. The number of rotatable bonds is 3. The highest BCUT2D eigenvalue weighted by molar-refractivity contribution is 7.90. The summed E-state index contributed by atoms with van der Waals surface area (Å²) in [7, 11) is -3.19. The fraction of sp³-hybridized carbons (Fsp3) is 0.111. The van der Waals surface area contributed by atoms with Gasteiger partial charge in [0.25, 0.3) is 0 Å². The molecule has 5 heteroatoms. The van der Waals surface area contributed by atoms with Gasteiger partial charge in [-0.05, 0) is 60.5 Å². The lowest BCUT2D eigenvalue weighted by Gasteiger charge is -2.11. The van der Waals surface area contributed by atoms with Gasteiger partial charge in [0, 0.05) is 23.2 Å². The zero-order chi connectivity index (χ0) is 16.6. The molecule has 0 amide bonds. The summed E-state index contributed by atoms with van der Waals surface area (Å²) in [4.78, 5) is 0.318. The number of nitrogens with zero attached hydrogens (tertiary/aromatic N) is 1. The van der Waals surface area contributed by atoms with E-state index in [-0.39, 0.29) is 0 Å². The van der Waals surface area contributed by atoms with E-state index >= 15 is 0 Å². The van der Waals surface area contributed by atoms with E-state index in [9.17, 15) is 8.42 Å². The van der Waals surface area contributed by atoms with Crippen LogP contribution in [0.3, 0.4) is 0 Å². The van der Waals surface area contributed by atoms with E-state index in [0.29, 0.717) is 9.92 Å². The summed E-state index contributed by atoms with van der Waals surface area (Å²) in [5, 5.41) is 0.696. The van der Waals surface area contributed by atoms with Crippen LogP contribution in [-0.2, 0) is 9.84 Å². The maximum Gasteiger partial charge on any atom is 0.175 e. The predicted molar refractivity (Wildman–Crippen MR) is 94.1 cm³/mol. The van der Waals surface area contributed by atoms with Gasteiger partial charge in [0.05, 0.1) is 10.6 Å². The van der Waals surface area contributed by atoms with Gasteiger partial charge in [-0.25, -0.2) is 8.42 Å². The molecule has 2 aromatic carbocycles. The first kappa shape index (κ1) is 15.8. The first-order valence-electron chi connectivity index (χ1n) is 7.10. The minimum atomic E-state index is -3.19. The topological polar surface area (TPSA) is 39.1 Å². The normalized spacial score (nSPS) is 11.6. The molecule has 0 unspecified atom stereocenters. The summed E-state index contributed by atoms with van der Waals surface area (Å²) in [6.45, 7) is 2.05. The van der Waals surface area contributed by atoms with Crippen LogP contribution < -0.4 is 0 Å². The Hall–Kier alpha value is -2.04. The Balaban J connectivity index is 2.10. The Kier molecular flexibility index (Phi) is 4.04. The second-order valence-electron chi connectivity index (χ2n) is 5.49. The fourth-order valence-electron chi connectivity index (χ4n) is 2.57. The second kappa shape index (κ2) is 5.87. The monoisotopic (exact) mass is 345 g/mol. The van der Waals surface area contributed by atoms with Crippen molar-refractivity contribution in [1.29, 1.82) is 0 Å². The Morgan fingerprint density at radius 1 is 0.913 bits per heavy atom. The minimum Gasteiger partial charge on any atom is -0.316 e. The van der Waals surface area contributed by atoms with Crippen LogP contribution in [0, 0.1) is 6.92 Å². The molecule has 0 fully saturated rings. The van der Waals surface area contributed by atoms with Crippen LogP contribution in [0.2, 0.25) is 5.02 Å². The Bertz CT molecular complexity index is 940. The molecule has 0 N–H and O–H groups in total. The molecule has 0 atom stereocenters. The predicted octanol–water partition coefficient (Wildman–Crippen LogP) is 4.51. The molecule has 118 valence electrons. The standard InChI is InChI=1S/C18H16ClNO2S/c1-13-11-12-20(18(13)14-3-5-15(19)6-4-14)16-7-9-17(10-8-16)23(2,21)22/h3-12H,1-2H3. The zero-order valence-corrected chi connectivity index (χ0v) is 14.4. The largest absolute Gasteiger partial charge is 0.316 e. The molecule has 1 aromatic heterocycles. The molecule has 23 heavy (non-hydrogen) atoms. The third kappa shape index (κ3) is 3.19. The maximum atomic E-state index is 11.6. The van der Waals surface area contributed by atoms with Crippen LogP contribution in [-0.4, -0.2) is 19.2 Å². The van der Waals surface area contributed by atoms with E-state index < -0.39 is 9.84 Å². The van der Waals surface area contributed by atoms with Crippen molar-refractivity contribution in [1.82, 2.24) is 4.57 Å². The summed E-state index contributed by atoms with van der Waals surface area (Å²) in [5.41, 5.74) is 4.17. The molecular formula is C18H16ClNO2S. The van der Waals surface area contributed by atoms with E-state index in [0.717, 1.165) is 22.5 Å². The number of sulfone groups is 1. The highest BCUT2D eigenvalue weighted by atomic mass is 35.5. The van der Waals surface area contributed by atoms with Crippen molar-refractivity contribution in [3.63, 3.8) is 0 Å². The molecule has 0 aliphatic carbocycles. The molecule has 0 aliphatic rings. The number of halogens is 1. The molecule has 3 nitrogen and oxygen atoms in total. The molecule has 3 aromatic rings. The lowest BCUT2D eigenvalue weighted by Crippen LogP contribution is -1.99. The molecular weight excluding hydrogens is 330 g/mol. The zero-order valence-electron chi connectivity index (χ0n) is 12.8. The van der Waals surface area contributed by atoms with E-state index in [2.05, 4.69) is 0 Å². The molecule has 0 spiro atoms. The lowest BCUT2D eigenvalue weighted by molar-refractivity contribution is 0.602. The number of aryl methyl sites for hydroxylation is 1. The smallest absolute Gasteiger partial charge is 0.175 e. The molecule has 0 bridgehead atoms. The Morgan fingerprint density at radius 2 is 1.52 bits per heavy atom. The lowest BCUT2D eigenvalue weighted by atomic mass is 10.1. The van der Waals surface area contributed by atoms with Crippen molar-refractivity contribution >= 4 is 21.4 Å². The van der Waals surface area contributed by atoms with Crippen LogP contribution in [0.15, 0.2) is 65.7 Å². The average molecular weight is 346 g/mol. The van der Waals surface area contributed by atoms with Crippen molar-refractivity contribution in [2.24, 2.45) is 0 Å². The maximum absolute atomic E-state index is 11.6. The second-order valence-corrected chi connectivity index (χ2v) is 7.94. The fourth-order valence-corrected chi connectivity index (χ4v) is 3.33. The van der Waals surface area contributed by atoms with Crippen LogP contribution in [0.5, 0.6) is 0 Å². The van der Waals surface area contributed by atoms with Gasteiger partial charge < -0.3 is 4.57 Å². The number of aromatic nitrogens is 1.